The van der Waals surface area contributed by atoms with Gasteiger partial charge >= 0.3 is 0 Å². The SMILES string of the molecule is N[C@@H](CCC(=O)N[C@@H](CSN=O)C(=O)NCC(=O)[O-])C(=O)[O-]. The molecule has 0 aliphatic carbocycles. The Labute approximate surface area is 129 Å². The molecule has 0 aromatic heterocycles. The number of nitroso groups, excluding NO2 is 1. The molecule has 0 rings (SSSR count). The van der Waals surface area contributed by atoms with Crippen LogP contribution in [0.25, 0.3) is 0 Å². The fraction of sp³-hybridized carbons (Fsp3) is 0.600. The average molecular weight is 334 g/mol. The lowest BCUT2D eigenvalue weighted by Gasteiger charge is -2.18. The summed E-state index contributed by atoms with van der Waals surface area (Å²) in [5.74, 6) is -4.81. The second-order valence-corrected chi connectivity index (χ2v) is 4.79. The van der Waals surface area contributed by atoms with Crippen LogP contribution in [-0.2, 0) is 19.2 Å². The fourth-order valence-electron chi connectivity index (χ4n) is 1.24. The molecule has 0 aliphatic heterocycles. The van der Waals surface area contributed by atoms with Gasteiger partial charge in [0.05, 0.1) is 18.5 Å². The van der Waals surface area contributed by atoms with Crippen LogP contribution < -0.4 is 26.6 Å². The van der Waals surface area contributed by atoms with E-state index < -0.39 is 42.4 Å². The molecular weight excluding hydrogens is 320 g/mol. The molecule has 0 fully saturated rings. The molecule has 0 saturated carbocycles. The Morgan fingerprint density at radius 1 is 1.23 bits per heavy atom. The number of hydrogen-bond donors (Lipinski definition) is 3. The van der Waals surface area contributed by atoms with Gasteiger partial charge in [-0.15, -0.1) is 4.91 Å². The van der Waals surface area contributed by atoms with Crippen molar-refractivity contribution in [3.63, 3.8) is 0 Å². The van der Waals surface area contributed by atoms with Gasteiger partial charge in [-0.05, 0) is 6.42 Å². The molecule has 0 unspecified atom stereocenters. The lowest BCUT2D eigenvalue weighted by Crippen LogP contribution is -2.51. The Bertz CT molecular complexity index is 445. The van der Waals surface area contributed by atoms with Gasteiger partial charge in [0.15, 0.2) is 0 Å². The smallest absolute Gasteiger partial charge is 0.243 e. The second-order valence-electron chi connectivity index (χ2n) is 4.04. The van der Waals surface area contributed by atoms with Gasteiger partial charge in [0, 0.05) is 34.7 Å². The van der Waals surface area contributed by atoms with Crippen LogP contribution in [0.1, 0.15) is 12.8 Å². The van der Waals surface area contributed by atoms with Crippen LogP contribution in [0, 0.1) is 4.91 Å². The van der Waals surface area contributed by atoms with Crippen molar-refractivity contribution in [2.75, 3.05) is 12.3 Å². The van der Waals surface area contributed by atoms with E-state index in [4.69, 9.17) is 5.73 Å². The van der Waals surface area contributed by atoms with E-state index in [9.17, 15) is 34.3 Å². The van der Waals surface area contributed by atoms with Gasteiger partial charge in [-0.25, -0.2) is 0 Å². The fourth-order valence-corrected chi connectivity index (χ4v) is 1.69. The van der Waals surface area contributed by atoms with Gasteiger partial charge in [0.2, 0.25) is 11.8 Å². The summed E-state index contributed by atoms with van der Waals surface area (Å²) in [7, 11) is 0. The third-order valence-electron chi connectivity index (χ3n) is 2.34. The standard InChI is InChI=1S/C10H16N4O7S/c11-5(10(19)20)1-2-7(15)13-6(4-22-14-21)9(18)12-3-8(16)17/h5-6H,1-4,11H2,(H,12,18)(H,13,15)(H,16,17)(H,19,20)/p-2/t5-,6-/m0/s1. The van der Waals surface area contributed by atoms with Crippen LogP contribution in [0.3, 0.4) is 0 Å². The number of carbonyl (C=O) groups excluding carboxylic acids is 4. The zero-order valence-electron chi connectivity index (χ0n) is 11.3. The zero-order chi connectivity index (χ0) is 17.1. The summed E-state index contributed by atoms with van der Waals surface area (Å²) in [5, 5.41) is 24.8. The minimum absolute atomic E-state index is 0.208. The van der Waals surface area contributed by atoms with E-state index in [2.05, 4.69) is 9.90 Å². The Kier molecular flexibility index (Phi) is 9.45. The summed E-state index contributed by atoms with van der Waals surface area (Å²) in [6, 6.07) is -2.55. The molecule has 4 N–H and O–H groups in total. The van der Waals surface area contributed by atoms with Crippen LogP contribution >= 0.6 is 11.9 Å². The van der Waals surface area contributed by atoms with E-state index in [-0.39, 0.29) is 18.6 Å². The number of carbonyl (C=O) groups is 4. The lowest BCUT2D eigenvalue weighted by atomic mass is 10.1. The quantitative estimate of drug-likeness (QED) is 0.247. The highest BCUT2D eigenvalue weighted by molar-refractivity contribution is 7.97. The first-order valence-corrected chi connectivity index (χ1v) is 6.90. The van der Waals surface area contributed by atoms with Crippen molar-refractivity contribution in [1.82, 2.24) is 10.6 Å². The molecule has 0 saturated heterocycles. The van der Waals surface area contributed by atoms with E-state index in [1.54, 1.807) is 0 Å². The maximum Gasteiger partial charge on any atom is 0.243 e. The van der Waals surface area contributed by atoms with Gasteiger partial charge in [-0.1, -0.05) is 0 Å². The molecule has 0 bridgehead atoms. The summed E-state index contributed by atoms with van der Waals surface area (Å²) < 4.78 is 2.46. The van der Waals surface area contributed by atoms with Crippen molar-refractivity contribution in [3.05, 3.63) is 4.91 Å². The number of rotatable bonds is 11. The molecule has 0 aromatic rings. The van der Waals surface area contributed by atoms with Gasteiger partial charge in [0.25, 0.3) is 0 Å². The number of carboxylic acids is 2. The summed E-state index contributed by atoms with van der Waals surface area (Å²) >= 11 is 0.452. The third kappa shape index (κ3) is 8.86. The van der Waals surface area contributed by atoms with Gasteiger partial charge in [0.1, 0.15) is 6.04 Å². The minimum Gasteiger partial charge on any atom is -0.548 e. The lowest BCUT2D eigenvalue weighted by molar-refractivity contribution is -0.308. The second kappa shape index (κ2) is 10.5. The van der Waals surface area contributed by atoms with Gasteiger partial charge in [-0.2, -0.15) is 0 Å². The minimum atomic E-state index is -1.53. The Morgan fingerprint density at radius 2 is 1.86 bits per heavy atom. The molecule has 0 heterocycles. The molecule has 124 valence electrons. The summed E-state index contributed by atoms with van der Waals surface area (Å²) in [6.45, 7) is -0.764. The molecule has 0 spiro atoms. The number of amides is 2. The summed E-state index contributed by atoms with van der Waals surface area (Å²) in [6.07, 6.45) is -0.501. The molecule has 0 radical (unpaired) electrons. The predicted octanol–water partition coefficient (Wildman–Crippen LogP) is -4.39. The monoisotopic (exact) mass is 334 g/mol. The van der Waals surface area contributed by atoms with E-state index in [1.807, 2.05) is 5.32 Å². The van der Waals surface area contributed by atoms with Crippen LogP contribution in [-0.4, -0.2) is 48.1 Å². The van der Waals surface area contributed by atoms with Crippen molar-refractivity contribution >= 4 is 35.7 Å². The van der Waals surface area contributed by atoms with Crippen LogP contribution in [0.2, 0.25) is 0 Å². The maximum atomic E-state index is 11.6. The molecule has 12 heteroatoms. The molecular formula is C10H14N4O7S-2. The highest BCUT2D eigenvalue weighted by atomic mass is 32.2. The first kappa shape index (κ1) is 19.8. The molecule has 0 aromatic carbocycles. The highest BCUT2D eigenvalue weighted by Crippen LogP contribution is 2.04. The zero-order valence-corrected chi connectivity index (χ0v) is 12.1. The number of nitrogens with one attached hydrogen (secondary N) is 2. The van der Waals surface area contributed by atoms with Crippen molar-refractivity contribution in [1.29, 1.82) is 0 Å². The summed E-state index contributed by atoms with van der Waals surface area (Å²) in [4.78, 5) is 53.9. The van der Waals surface area contributed by atoms with Gasteiger partial charge < -0.3 is 36.2 Å². The Hall–Kier alpha value is -2.21. The molecule has 0 aliphatic rings. The maximum absolute atomic E-state index is 11.6. The average Bonchev–Trinajstić information content (AvgIpc) is 2.46. The number of carboxylic acid groups (broad SMARTS) is 2. The van der Waals surface area contributed by atoms with Crippen molar-refractivity contribution in [3.8, 4) is 0 Å². The van der Waals surface area contributed by atoms with Crippen LogP contribution in [0.5, 0.6) is 0 Å². The number of hydrogen-bond acceptors (Lipinski definition) is 10. The van der Waals surface area contributed by atoms with E-state index in [0.29, 0.717) is 11.9 Å². The first-order chi connectivity index (χ1) is 10.3. The van der Waals surface area contributed by atoms with Crippen molar-refractivity contribution in [2.45, 2.75) is 24.9 Å². The van der Waals surface area contributed by atoms with E-state index in [0.717, 1.165) is 0 Å². The molecule has 11 nitrogen and oxygen atoms in total. The summed E-state index contributed by atoms with van der Waals surface area (Å²) in [5.41, 5.74) is 5.16. The van der Waals surface area contributed by atoms with E-state index in [1.165, 1.54) is 0 Å². The molecule has 2 atom stereocenters. The van der Waals surface area contributed by atoms with E-state index >= 15 is 0 Å². The number of nitrogens with two attached hydrogens (primary N) is 1. The molecule has 2 amide bonds. The first-order valence-electron chi connectivity index (χ1n) is 5.96. The van der Waals surface area contributed by atoms with Gasteiger partial charge in [-0.3, -0.25) is 9.59 Å². The third-order valence-corrected chi connectivity index (χ3v) is 2.93. The normalized spacial score (nSPS) is 12.8. The Morgan fingerprint density at radius 3 is 2.36 bits per heavy atom. The largest absolute Gasteiger partial charge is 0.548 e. The number of nitrogens with zero attached hydrogens (tertiary/aromatic N) is 1. The Balaban J connectivity index is 4.46. The predicted molar refractivity (Wildman–Crippen MR) is 70.4 cm³/mol. The van der Waals surface area contributed by atoms with Crippen LogP contribution in [0.15, 0.2) is 4.58 Å². The van der Waals surface area contributed by atoms with Crippen molar-refractivity contribution in [2.24, 2.45) is 10.3 Å². The number of aliphatic carboxylic acids is 2. The van der Waals surface area contributed by atoms with Crippen molar-refractivity contribution < 1.29 is 29.4 Å². The highest BCUT2D eigenvalue weighted by Gasteiger charge is 2.21. The van der Waals surface area contributed by atoms with Crippen LogP contribution in [0.4, 0.5) is 0 Å². The topological polar surface area (TPSA) is 194 Å². The molecule has 22 heavy (non-hydrogen) atoms.